The number of carbonyl (C=O) groups excluding carboxylic acids is 1. The number of hydrogen-bond donors (Lipinski definition) is 4. The van der Waals surface area contributed by atoms with Crippen molar-refractivity contribution in [2.24, 2.45) is 5.41 Å². The van der Waals surface area contributed by atoms with Gasteiger partial charge in [-0.1, -0.05) is 42.1 Å². The van der Waals surface area contributed by atoms with Gasteiger partial charge in [-0.05, 0) is 43.0 Å². The number of nitrogens with zero attached hydrogens (tertiary/aromatic N) is 5. The van der Waals surface area contributed by atoms with Crippen LogP contribution in [0.15, 0.2) is 18.2 Å². The molecule has 0 spiro atoms. The van der Waals surface area contributed by atoms with Gasteiger partial charge in [0.1, 0.15) is 0 Å². The Kier molecular flexibility index (Phi) is 7.33. The lowest BCUT2D eigenvalue weighted by Gasteiger charge is -2.25. The molecule has 1 aromatic carbocycles. The Morgan fingerprint density at radius 3 is 2.67 bits per heavy atom. The topological polar surface area (TPSA) is 122 Å². The number of anilines is 4. The Bertz CT molecular complexity index is 1050. The maximum atomic E-state index is 12.1. The quantitative estimate of drug-likeness (QED) is 0.469. The molecule has 0 saturated carbocycles. The average Bonchev–Trinajstić information content (AvgIpc) is 3.26. The monoisotopic (exact) mass is 452 g/mol. The minimum atomic E-state index is -0.185. The third kappa shape index (κ3) is 6.08. The summed E-state index contributed by atoms with van der Waals surface area (Å²) >= 11 is 0. The van der Waals surface area contributed by atoms with Crippen LogP contribution in [0.2, 0.25) is 0 Å². The van der Waals surface area contributed by atoms with Crippen LogP contribution >= 0.6 is 0 Å². The SMILES string of the molecule is CNC(=O)c1ccc(C)c(Nc2nc(N(C)CC(C)(C)C)nc(N[C@@H]3CCNC3)[n+]2C#N)c1. The van der Waals surface area contributed by atoms with Crippen LogP contribution < -0.4 is 30.7 Å². The van der Waals surface area contributed by atoms with Gasteiger partial charge in [0.15, 0.2) is 0 Å². The highest BCUT2D eigenvalue weighted by Crippen LogP contribution is 2.23. The number of carbonyl (C=O) groups is 1. The van der Waals surface area contributed by atoms with E-state index in [0.717, 1.165) is 31.6 Å². The van der Waals surface area contributed by atoms with Crippen molar-refractivity contribution in [1.82, 2.24) is 20.6 Å². The highest BCUT2D eigenvalue weighted by molar-refractivity contribution is 5.95. The summed E-state index contributed by atoms with van der Waals surface area (Å²) in [5, 5.41) is 22.6. The number of aromatic nitrogens is 3. The van der Waals surface area contributed by atoms with Crippen molar-refractivity contribution >= 4 is 29.4 Å². The molecular formula is C23H34N9O+. The van der Waals surface area contributed by atoms with Crippen LogP contribution in [0.3, 0.4) is 0 Å². The van der Waals surface area contributed by atoms with Crippen molar-refractivity contribution in [3.63, 3.8) is 0 Å². The van der Waals surface area contributed by atoms with E-state index in [1.54, 1.807) is 19.2 Å². The Balaban J connectivity index is 2.06. The molecule has 0 unspecified atom stereocenters. The lowest BCUT2D eigenvalue weighted by molar-refractivity contribution is -0.561. The van der Waals surface area contributed by atoms with E-state index in [4.69, 9.17) is 0 Å². The predicted octanol–water partition coefficient (Wildman–Crippen LogP) is 1.76. The molecule has 0 aliphatic carbocycles. The first-order valence-corrected chi connectivity index (χ1v) is 11.1. The molecule has 1 aromatic heterocycles. The van der Waals surface area contributed by atoms with Crippen LogP contribution in [-0.4, -0.2) is 55.6 Å². The smallest absolute Gasteiger partial charge is 0.325 e. The van der Waals surface area contributed by atoms with Gasteiger partial charge in [0.05, 0.1) is 11.7 Å². The van der Waals surface area contributed by atoms with Gasteiger partial charge in [0.25, 0.3) is 12.1 Å². The van der Waals surface area contributed by atoms with Crippen molar-refractivity contribution in [2.45, 2.75) is 40.2 Å². The molecule has 10 heteroatoms. The molecule has 2 heterocycles. The van der Waals surface area contributed by atoms with Gasteiger partial charge < -0.3 is 20.9 Å². The molecule has 1 fully saturated rings. The number of aryl methyl sites for hydroxylation is 1. The first-order chi connectivity index (χ1) is 15.6. The van der Waals surface area contributed by atoms with E-state index < -0.39 is 0 Å². The van der Waals surface area contributed by atoms with Crippen molar-refractivity contribution in [2.75, 3.05) is 49.3 Å². The molecule has 2 aromatic rings. The van der Waals surface area contributed by atoms with Gasteiger partial charge in [-0.15, -0.1) is 4.57 Å². The molecule has 0 radical (unpaired) electrons. The Morgan fingerprint density at radius 1 is 1.33 bits per heavy atom. The van der Waals surface area contributed by atoms with Gasteiger partial charge in [0, 0.05) is 32.7 Å². The maximum absolute atomic E-state index is 12.1. The van der Waals surface area contributed by atoms with Crippen LogP contribution in [-0.2, 0) is 0 Å². The third-order valence-electron chi connectivity index (χ3n) is 5.36. The molecule has 1 aliphatic heterocycles. The van der Waals surface area contributed by atoms with E-state index in [1.807, 2.05) is 24.9 Å². The number of nitriles is 1. The fraction of sp³-hybridized carbons (Fsp3) is 0.522. The second kappa shape index (κ2) is 10.0. The molecule has 10 nitrogen and oxygen atoms in total. The number of hydrogen-bond acceptors (Lipinski definition) is 8. The van der Waals surface area contributed by atoms with E-state index in [-0.39, 0.29) is 17.4 Å². The fourth-order valence-electron chi connectivity index (χ4n) is 3.77. The van der Waals surface area contributed by atoms with Crippen LogP contribution in [0, 0.1) is 23.8 Å². The standard InChI is InChI=1S/C23H33N9O/c1-15-7-8-16(19(33)25-5)11-18(15)28-22-30-20(31(6)13-23(2,3)4)29-21(32(22)14-24)27-17-9-10-26-12-17/h7-8,11,17,26H,9-10,12-13H2,1-6H3,(H2,25,27,28,29,30,33)/p+1/t17-/m1/s1. The Hall–Kier alpha value is -3.45. The zero-order valence-corrected chi connectivity index (χ0v) is 20.3. The summed E-state index contributed by atoms with van der Waals surface area (Å²) in [5.74, 6) is 1.08. The average molecular weight is 453 g/mol. The van der Waals surface area contributed by atoms with E-state index >= 15 is 0 Å². The Labute approximate surface area is 195 Å². The summed E-state index contributed by atoms with van der Waals surface area (Å²) in [4.78, 5) is 23.5. The summed E-state index contributed by atoms with van der Waals surface area (Å²) in [7, 11) is 3.54. The first-order valence-electron chi connectivity index (χ1n) is 11.1. The molecule has 4 N–H and O–H groups in total. The zero-order valence-electron chi connectivity index (χ0n) is 20.3. The molecule has 1 aliphatic rings. The number of amides is 1. The van der Waals surface area contributed by atoms with Crippen molar-refractivity contribution < 1.29 is 9.36 Å². The molecule has 33 heavy (non-hydrogen) atoms. The summed E-state index contributed by atoms with van der Waals surface area (Å²) in [6, 6.07) is 5.55. The van der Waals surface area contributed by atoms with Crippen LogP contribution in [0.5, 0.6) is 0 Å². The minimum Gasteiger partial charge on any atom is -0.355 e. The highest BCUT2D eigenvalue weighted by atomic mass is 16.1. The third-order valence-corrected chi connectivity index (χ3v) is 5.36. The molecule has 176 valence electrons. The second-order valence-electron chi connectivity index (χ2n) is 9.59. The molecule has 3 rings (SSSR count). The van der Waals surface area contributed by atoms with Crippen LogP contribution in [0.25, 0.3) is 0 Å². The molecule has 1 amide bonds. The molecule has 0 bridgehead atoms. The van der Waals surface area contributed by atoms with E-state index in [0.29, 0.717) is 29.1 Å². The number of rotatable bonds is 7. The number of benzene rings is 1. The summed E-state index contributed by atoms with van der Waals surface area (Å²) in [6.07, 6.45) is 3.13. The van der Waals surface area contributed by atoms with Gasteiger partial charge in [-0.3, -0.25) is 10.1 Å². The minimum absolute atomic E-state index is 0.0359. The summed E-state index contributed by atoms with van der Waals surface area (Å²) < 4.78 is 1.36. The zero-order chi connectivity index (χ0) is 24.2. The molecule has 1 atom stereocenters. The largest absolute Gasteiger partial charge is 0.355 e. The van der Waals surface area contributed by atoms with Crippen molar-refractivity contribution in [3.05, 3.63) is 29.3 Å². The van der Waals surface area contributed by atoms with Crippen LogP contribution in [0.4, 0.5) is 23.5 Å². The van der Waals surface area contributed by atoms with Gasteiger partial charge in [-0.25, -0.2) is 0 Å². The lowest BCUT2D eigenvalue weighted by Crippen LogP contribution is -2.42. The first kappa shape index (κ1) is 24.2. The normalized spacial score (nSPS) is 15.6. The highest BCUT2D eigenvalue weighted by Gasteiger charge is 2.27. The Morgan fingerprint density at radius 2 is 2.06 bits per heavy atom. The predicted molar refractivity (Wildman–Crippen MR) is 129 cm³/mol. The summed E-state index contributed by atoms with van der Waals surface area (Å²) in [6.45, 7) is 10.8. The van der Waals surface area contributed by atoms with Crippen molar-refractivity contribution in [3.8, 4) is 6.19 Å². The molecular weight excluding hydrogens is 418 g/mol. The summed E-state index contributed by atoms with van der Waals surface area (Å²) in [5.41, 5.74) is 2.17. The fourth-order valence-corrected chi connectivity index (χ4v) is 3.77. The van der Waals surface area contributed by atoms with Crippen LogP contribution in [0.1, 0.15) is 43.1 Å². The maximum Gasteiger partial charge on any atom is 0.325 e. The van der Waals surface area contributed by atoms with Gasteiger partial charge in [0.2, 0.25) is 0 Å². The van der Waals surface area contributed by atoms with Crippen molar-refractivity contribution in [1.29, 1.82) is 5.26 Å². The van der Waals surface area contributed by atoms with Gasteiger partial charge >= 0.3 is 17.8 Å². The van der Waals surface area contributed by atoms with E-state index in [2.05, 4.69) is 58.2 Å². The second-order valence-corrected chi connectivity index (χ2v) is 9.59. The lowest BCUT2D eigenvalue weighted by atomic mass is 9.96. The molecule has 1 saturated heterocycles. The van der Waals surface area contributed by atoms with E-state index in [9.17, 15) is 10.1 Å². The van der Waals surface area contributed by atoms with Gasteiger partial charge in [-0.2, -0.15) is 0 Å². The number of nitrogens with one attached hydrogen (secondary N) is 4. The van der Waals surface area contributed by atoms with E-state index in [1.165, 1.54) is 4.57 Å².